The van der Waals surface area contributed by atoms with Crippen LogP contribution in [0.25, 0.3) is 0 Å². The minimum atomic E-state index is -1.11. The molecule has 0 aliphatic rings. The Balaban J connectivity index is -0.0000000965. The van der Waals surface area contributed by atoms with E-state index in [1.165, 1.54) is 0 Å². The summed E-state index contributed by atoms with van der Waals surface area (Å²) in [6.07, 6.45) is 0.0926. The summed E-state index contributed by atoms with van der Waals surface area (Å²) in [5, 5.41) is 62.7. The standard InChI is InChI=1S/C5H12O4.3C4H8O2S.Ru/c6-1-5(2-7,3-8)4-9;3*1-3(7)2-4(5)6;/h6-9H,1-4H2;3*3,7H,2H2,1H3,(H,5,6);/q;;;;+3/p-3. The molecule has 0 saturated carbocycles. The van der Waals surface area contributed by atoms with E-state index in [2.05, 4.69) is 37.9 Å². The number of hydrogen-bond acceptors (Lipinski definition) is 13. The van der Waals surface area contributed by atoms with E-state index in [4.69, 9.17) is 20.4 Å². The van der Waals surface area contributed by atoms with Crippen LogP contribution in [-0.4, -0.2) is 80.5 Å². The zero-order valence-corrected chi connectivity index (χ0v) is 22.0. The second kappa shape index (κ2) is 26.2. The average Bonchev–Trinajstić information content (AvgIpc) is 2.55. The SMILES string of the molecule is CC(S)CC(=O)[O-].CC(S)CC(=O)[O-].CC(S)CC(=O)[O-].OCC(CO)(CO)CO.[Ru+3]. The maximum absolute atomic E-state index is 9.65. The Morgan fingerprint density at radius 3 is 0.806 bits per heavy atom. The van der Waals surface area contributed by atoms with Crippen LogP contribution >= 0.6 is 37.9 Å². The smallest absolute Gasteiger partial charge is 0.550 e. The van der Waals surface area contributed by atoms with E-state index in [9.17, 15) is 29.7 Å². The van der Waals surface area contributed by atoms with E-state index < -0.39 is 49.8 Å². The van der Waals surface area contributed by atoms with Crippen LogP contribution in [0.3, 0.4) is 0 Å². The monoisotopic (exact) mass is 595 g/mol. The van der Waals surface area contributed by atoms with Gasteiger partial charge in [0.2, 0.25) is 0 Å². The molecular weight excluding hydrogens is 561 g/mol. The predicted molar refractivity (Wildman–Crippen MR) is 115 cm³/mol. The largest absolute Gasteiger partial charge is 3.00 e. The van der Waals surface area contributed by atoms with Gasteiger partial charge in [-0.25, -0.2) is 0 Å². The molecule has 0 spiro atoms. The number of carbonyl (C=O) groups excluding carboxylic acids is 3. The first-order chi connectivity index (χ1) is 13.6. The summed E-state index contributed by atoms with van der Waals surface area (Å²) in [5.41, 5.74) is -1.11. The zero-order valence-electron chi connectivity index (χ0n) is 17.6. The van der Waals surface area contributed by atoms with Gasteiger partial charge >= 0.3 is 19.5 Å². The minimum absolute atomic E-state index is 0. The van der Waals surface area contributed by atoms with Gasteiger partial charge in [-0.2, -0.15) is 37.9 Å². The Morgan fingerprint density at radius 2 is 0.806 bits per heavy atom. The summed E-state index contributed by atoms with van der Waals surface area (Å²) in [6.45, 7) is 3.50. The number of carboxylic acids is 3. The van der Waals surface area contributed by atoms with Crippen molar-refractivity contribution in [3.63, 3.8) is 0 Å². The Kier molecular flexibility index (Phi) is 34.8. The number of carbonyl (C=O) groups is 3. The third-order valence-corrected chi connectivity index (χ3v) is 3.28. The third kappa shape index (κ3) is 40.8. The fourth-order valence-corrected chi connectivity index (χ4v) is 1.47. The predicted octanol–water partition coefficient (Wildman–Crippen LogP) is -3.73. The summed E-state index contributed by atoms with van der Waals surface area (Å²) in [6, 6.07) is 0. The molecule has 0 heterocycles. The molecular formula is C17H33O10RuS3. The van der Waals surface area contributed by atoms with Crippen molar-refractivity contribution in [1.29, 1.82) is 0 Å². The molecule has 10 nitrogen and oxygen atoms in total. The molecule has 4 N–H and O–H groups in total. The second-order valence-electron chi connectivity index (χ2n) is 6.41. The molecule has 14 heteroatoms. The van der Waals surface area contributed by atoms with Gasteiger partial charge in [-0.15, -0.1) is 0 Å². The first-order valence-corrected chi connectivity index (χ1v) is 10.2. The fraction of sp³-hybridized carbons (Fsp3) is 0.824. The van der Waals surface area contributed by atoms with Gasteiger partial charge in [0.15, 0.2) is 0 Å². The molecule has 0 bridgehead atoms. The van der Waals surface area contributed by atoms with Crippen LogP contribution < -0.4 is 15.3 Å². The van der Waals surface area contributed by atoms with Crippen molar-refractivity contribution in [2.24, 2.45) is 5.41 Å². The molecule has 0 fully saturated rings. The molecule has 0 rings (SSSR count). The molecule has 0 aromatic rings. The Hall–Kier alpha value is -0.0766. The summed E-state index contributed by atoms with van der Waals surface area (Å²) in [4.78, 5) is 28.9. The Bertz CT molecular complexity index is 383. The molecule has 0 saturated heterocycles. The maximum atomic E-state index is 9.65. The van der Waals surface area contributed by atoms with Crippen LogP contribution in [0, 0.1) is 5.41 Å². The molecule has 3 atom stereocenters. The third-order valence-electron chi connectivity index (χ3n) is 2.73. The van der Waals surface area contributed by atoms with Crippen LogP contribution in [0.5, 0.6) is 0 Å². The quantitative estimate of drug-likeness (QED) is 0.0974. The van der Waals surface area contributed by atoms with Crippen molar-refractivity contribution in [3.8, 4) is 0 Å². The van der Waals surface area contributed by atoms with Crippen LogP contribution in [0.4, 0.5) is 0 Å². The summed E-state index contributed by atoms with van der Waals surface area (Å²) in [5.74, 6) is -3.12. The molecule has 0 aliphatic carbocycles. The van der Waals surface area contributed by atoms with E-state index in [-0.39, 0.29) is 54.5 Å². The second-order valence-corrected chi connectivity index (χ2v) is 9.05. The van der Waals surface area contributed by atoms with Crippen LogP contribution in [0.15, 0.2) is 0 Å². The molecule has 187 valence electrons. The van der Waals surface area contributed by atoms with Gasteiger partial charge in [-0.3, -0.25) is 0 Å². The van der Waals surface area contributed by atoms with Gasteiger partial charge < -0.3 is 50.1 Å². The molecule has 0 aromatic carbocycles. The number of thiol groups is 3. The molecule has 0 amide bonds. The van der Waals surface area contributed by atoms with Gasteiger partial charge in [0.05, 0.1) is 31.8 Å². The number of aliphatic hydroxyl groups excluding tert-OH is 4. The molecule has 0 aromatic heterocycles. The van der Waals surface area contributed by atoms with Crippen molar-refractivity contribution in [3.05, 3.63) is 0 Å². The van der Waals surface area contributed by atoms with E-state index in [1.54, 1.807) is 20.8 Å². The van der Waals surface area contributed by atoms with Gasteiger partial charge in [0.25, 0.3) is 0 Å². The average molecular weight is 595 g/mol. The minimum Gasteiger partial charge on any atom is -0.550 e. The first-order valence-electron chi connectivity index (χ1n) is 8.70. The molecule has 1 radical (unpaired) electrons. The van der Waals surface area contributed by atoms with Crippen molar-refractivity contribution < 1.29 is 69.6 Å². The van der Waals surface area contributed by atoms with Gasteiger partial charge in [0, 0.05) is 33.7 Å². The van der Waals surface area contributed by atoms with Crippen molar-refractivity contribution in [1.82, 2.24) is 0 Å². The first kappa shape index (κ1) is 41.2. The van der Waals surface area contributed by atoms with Gasteiger partial charge in [0.1, 0.15) is 0 Å². The van der Waals surface area contributed by atoms with E-state index in [1.807, 2.05) is 0 Å². The number of rotatable bonds is 10. The van der Waals surface area contributed by atoms with Crippen molar-refractivity contribution in [2.45, 2.75) is 55.8 Å². The number of hydrogen-bond donors (Lipinski definition) is 7. The molecule has 3 unspecified atom stereocenters. The number of aliphatic carboxylic acids is 3. The van der Waals surface area contributed by atoms with Gasteiger partial charge in [-0.05, 0) is 19.3 Å². The van der Waals surface area contributed by atoms with Gasteiger partial charge in [-0.1, -0.05) is 20.8 Å². The molecule has 31 heavy (non-hydrogen) atoms. The van der Waals surface area contributed by atoms with Crippen LogP contribution in [0.1, 0.15) is 40.0 Å². The van der Waals surface area contributed by atoms with Crippen molar-refractivity contribution in [2.75, 3.05) is 26.4 Å². The fourth-order valence-electron chi connectivity index (χ4n) is 1.02. The summed E-state index contributed by atoms with van der Waals surface area (Å²) in [7, 11) is 0. The number of carboxylic acid groups (broad SMARTS) is 3. The van der Waals surface area contributed by atoms with Crippen LogP contribution in [0.2, 0.25) is 0 Å². The number of aliphatic hydroxyl groups is 4. The van der Waals surface area contributed by atoms with E-state index in [0.29, 0.717) is 0 Å². The van der Waals surface area contributed by atoms with E-state index in [0.717, 1.165) is 0 Å². The maximum Gasteiger partial charge on any atom is 3.00 e. The summed E-state index contributed by atoms with van der Waals surface area (Å²) >= 11 is 11.4. The Morgan fingerprint density at radius 1 is 0.645 bits per heavy atom. The van der Waals surface area contributed by atoms with Crippen molar-refractivity contribution >= 4 is 55.8 Å². The van der Waals surface area contributed by atoms with Crippen LogP contribution in [-0.2, 0) is 33.9 Å². The molecule has 0 aliphatic heterocycles. The topological polar surface area (TPSA) is 201 Å². The summed E-state index contributed by atoms with van der Waals surface area (Å²) < 4.78 is 0. The normalized spacial score (nSPS) is 12.6. The zero-order chi connectivity index (χ0) is 24.9. The van der Waals surface area contributed by atoms with E-state index >= 15 is 0 Å². The Labute approximate surface area is 212 Å².